The Labute approximate surface area is 218 Å². The monoisotopic (exact) mass is 525 g/mol. The molecule has 7 nitrogen and oxygen atoms in total. The summed E-state index contributed by atoms with van der Waals surface area (Å²) < 4.78 is 42.7. The SMILES string of the molecule is CC(C)CNC(=O)C(C)N(Cc1ccccc1F)C(=O)CN(c1ccccc1)S(=O)(=O)c1ccccc1. The summed E-state index contributed by atoms with van der Waals surface area (Å²) in [5, 5.41) is 2.80. The van der Waals surface area contributed by atoms with E-state index in [1.807, 2.05) is 13.8 Å². The van der Waals surface area contributed by atoms with Crippen LogP contribution in [0.3, 0.4) is 0 Å². The van der Waals surface area contributed by atoms with Crippen LogP contribution < -0.4 is 9.62 Å². The summed E-state index contributed by atoms with van der Waals surface area (Å²) in [6.45, 7) is 5.07. The van der Waals surface area contributed by atoms with Gasteiger partial charge in [0.25, 0.3) is 10.0 Å². The van der Waals surface area contributed by atoms with Gasteiger partial charge in [0.15, 0.2) is 0 Å². The highest BCUT2D eigenvalue weighted by atomic mass is 32.2. The third kappa shape index (κ3) is 7.16. The standard InChI is InChI=1S/C28H32FN3O4S/c1-21(2)18-30-28(34)22(3)31(19-23-12-10-11-17-26(23)29)27(33)20-32(24-13-6-4-7-14-24)37(35,36)25-15-8-5-9-16-25/h4-17,21-22H,18-20H2,1-3H3,(H,30,34). The number of nitrogens with zero attached hydrogens (tertiary/aromatic N) is 2. The third-order valence-electron chi connectivity index (χ3n) is 5.80. The average Bonchev–Trinajstić information content (AvgIpc) is 2.90. The molecule has 0 radical (unpaired) electrons. The summed E-state index contributed by atoms with van der Waals surface area (Å²) in [6, 6.07) is 21.1. The van der Waals surface area contributed by atoms with Gasteiger partial charge in [0.1, 0.15) is 18.4 Å². The molecule has 9 heteroatoms. The van der Waals surface area contributed by atoms with Crippen molar-refractivity contribution in [3.05, 3.63) is 96.3 Å². The molecule has 0 aliphatic carbocycles. The van der Waals surface area contributed by atoms with Crippen LogP contribution in [0.5, 0.6) is 0 Å². The van der Waals surface area contributed by atoms with Gasteiger partial charge in [-0.1, -0.05) is 68.4 Å². The van der Waals surface area contributed by atoms with Crippen LogP contribution in [0.4, 0.5) is 10.1 Å². The Balaban J connectivity index is 1.98. The second-order valence-electron chi connectivity index (χ2n) is 9.09. The molecule has 0 heterocycles. The van der Waals surface area contributed by atoms with Gasteiger partial charge >= 0.3 is 0 Å². The maximum absolute atomic E-state index is 14.5. The van der Waals surface area contributed by atoms with Gasteiger partial charge in [-0.2, -0.15) is 0 Å². The normalized spacial score (nSPS) is 12.1. The van der Waals surface area contributed by atoms with Crippen LogP contribution in [0.25, 0.3) is 0 Å². The van der Waals surface area contributed by atoms with Crippen molar-refractivity contribution in [2.45, 2.75) is 38.3 Å². The molecule has 0 aliphatic rings. The lowest BCUT2D eigenvalue weighted by Crippen LogP contribution is -2.51. The fourth-order valence-corrected chi connectivity index (χ4v) is 5.12. The van der Waals surface area contributed by atoms with Crippen LogP contribution in [-0.2, 0) is 26.2 Å². The van der Waals surface area contributed by atoms with E-state index < -0.39 is 40.2 Å². The second kappa shape index (κ2) is 12.5. The van der Waals surface area contributed by atoms with Gasteiger partial charge in [0.2, 0.25) is 11.8 Å². The first kappa shape index (κ1) is 27.9. The fraction of sp³-hybridized carbons (Fsp3) is 0.286. The molecule has 0 spiro atoms. The van der Waals surface area contributed by atoms with E-state index in [1.165, 1.54) is 35.2 Å². The number of hydrogen-bond donors (Lipinski definition) is 1. The van der Waals surface area contributed by atoms with E-state index in [-0.39, 0.29) is 22.9 Å². The lowest BCUT2D eigenvalue weighted by Gasteiger charge is -2.32. The molecule has 0 aromatic heterocycles. The summed E-state index contributed by atoms with van der Waals surface area (Å²) in [7, 11) is -4.12. The summed E-state index contributed by atoms with van der Waals surface area (Å²) in [6.07, 6.45) is 0. The molecule has 1 N–H and O–H groups in total. The van der Waals surface area contributed by atoms with Gasteiger partial charge in [-0.3, -0.25) is 13.9 Å². The molecule has 0 saturated carbocycles. The van der Waals surface area contributed by atoms with Crippen molar-refractivity contribution < 1.29 is 22.4 Å². The van der Waals surface area contributed by atoms with Crippen LogP contribution in [0, 0.1) is 11.7 Å². The molecular formula is C28H32FN3O4S. The number of sulfonamides is 1. The van der Waals surface area contributed by atoms with E-state index in [9.17, 15) is 22.4 Å². The Morgan fingerprint density at radius 3 is 2.03 bits per heavy atom. The Kier molecular flexibility index (Phi) is 9.41. The lowest BCUT2D eigenvalue weighted by atomic mass is 10.1. The number of rotatable bonds is 11. The van der Waals surface area contributed by atoms with Crippen LogP contribution in [0.15, 0.2) is 89.8 Å². The van der Waals surface area contributed by atoms with Crippen molar-refractivity contribution in [3.8, 4) is 0 Å². The zero-order chi connectivity index (χ0) is 27.0. The van der Waals surface area contributed by atoms with Gasteiger partial charge in [0, 0.05) is 18.7 Å². The van der Waals surface area contributed by atoms with E-state index in [4.69, 9.17) is 0 Å². The first-order valence-electron chi connectivity index (χ1n) is 12.0. The summed E-state index contributed by atoms with van der Waals surface area (Å²) in [4.78, 5) is 27.9. The molecule has 0 bridgehead atoms. The second-order valence-corrected chi connectivity index (χ2v) is 11.0. The molecule has 1 atom stereocenters. The van der Waals surface area contributed by atoms with Gasteiger partial charge in [-0.15, -0.1) is 0 Å². The average molecular weight is 526 g/mol. The predicted octanol–water partition coefficient (Wildman–Crippen LogP) is 4.21. The van der Waals surface area contributed by atoms with Crippen LogP contribution in [-0.4, -0.2) is 44.3 Å². The number of benzene rings is 3. The van der Waals surface area contributed by atoms with Gasteiger partial charge in [-0.05, 0) is 43.2 Å². The highest BCUT2D eigenvalue weighted by Crippen LogP contribution is 2.24. The molecule has 0 saturated heterocycles. The topological polar surface area (TPSA) is 86.8 Å². The maximum atomic E-state index is 14.5. The van der Waals surface area contributed by atoms with E-state index in [0.29, 0.717) is 12.2 Å². The summed E-state index contributed by atoms with van der Waals surface area (Å²) in [5.74, 6) is -1.38. The number of anilines is 1. The van der Waals surface area contributed by atoms with Gasteiger partial charge in [-0.25, -0.2) is 12.8 Å². The Morgan fingerprint density at radius 2 is 1.43 bits per heavy atom. The zero-order valence-corrected chi connectivity index (χ0v) is 22.0. The maximum Gasteiger partial charge on any atom is 0.264 e. The highest BCUT2D eigenvalue weighted by Gasteiger charge is 2.32. The summed E-state index contributed by atoms with van der Waals surface area (Å²) >= 11 is 0. The van der Waals surface area contributed by atoms with Crippen molar-refractivity contribution in [2.24, 2.45) is 5.92 Å². The largest absolute Gasteiger partial charge is 0.354 e. The third-order valence-corrected chi connectivity index (χ3v) is 7.59. The van der Waals surface area contributed by atoms with Crippen molar-refractivity contribution in [3.63, 3.8) is 0 Å². The summed E-state index contributed by atoms with van der Waals surface area (Å²) in [5.41, 5.74) is 0.513. The number of hydrogen-bond acceptors (Lipinski definition) is 4. The van der Waals surface area contributed by atoms with E-state index in [2.05, 4.69) is 5.32 Å². The number of nitrogens with one attached hydrogen (secondary N) is 1. The van der Waals surface area contributed by atoms with Gasteiger partial charge in [0.05, 0.1) is 10.6 Å². The minimum Gasteiger partial charge on any atom is -0.354 e. The molecule has 0 aliphatic heterocycles. The number of carbonyl (C=O) groups is 2. The van der Waals surface area contributed by atoms with E-state index in [1.54, 1.807) is 61.5 Å². The van der Waals surface area contributed by atoms with Gasteiger partial charge < -0.3 is 10.2 Å². The molecular weight excluding hydrogens is 493 g/mol. The fourth-order valence-electron chi connectivity index (χ4n) is 3.69. The Morgan fingerprint density at radius 1 is 0.865 bits per heavy atom. The molecule has 3 aromatic rings. The van der Waals surface area contributed by atoms with Crippen LogP contribution in [0.1, 0.15) is 26.3 Å². The number of halogens is 1. The van der Waals surface area contributed by atoms with Crippen molar-refractivity contribution >= 4 is 27.5 Å². The van der Waals surface area contributed by atoms with E-state index >= 15 is 0 Å². The minimum absolute atomic E-state index is 0.0232. The molecule has 0 fully saturated rings. The Bertz CT molecular complexity index is 1300. The van der Waals surface area contributed by atoms with E-state index in [0.717, 1.165) is 4.31 Å². The zero-order valence-electron chi connectivity index (χ0n) is 21.2. The molecule has 3 aromatic carbocycles. The first-order valence-corrected chi connectivity index (χ1v) is 13.5. The first-order chi connectivity index (χ1) is 17.6. The highest BCUT2D eigenvalue weighted by molar-refractivity contribution is 7.92. The quantitative estimate of drug-likeness (QED) is 0.406. The lowest BCUT2D eigenvalue weighted by molar-refractivity contribution is -0.139. The number of amides is 2. The van der Waals surface area contributed by atoms with Crippen LogP contribution >= 0.6 is 0 Å². The number of carbonyl (C=O) groups excluding carboxylic acids is 2. The van der Waals surface area contributed by atoms with Crippen molar-refractivity contribution in [1.82, 2.24) is 10.2 Å². The Hall–Kier alpha value is -3.72. The molecule has 1 unspecified atom stereocenters. The molecule has 3 rings (SSSR count). The minimum atomic E-state index is -4.12. The van der Waals surface area contributed by atoms with Crippen LogP contribution in [0.2, 0.25) is 0 Å². The predicted molar refractivity (Wildman–Crippen MR) is 142 cm³/mol. The van der Waals surface area contributed by atoms with Crippen molar-refractivity contribution in [1.29, 1.82) is 0 Å². The number of para-hydroxylation sites is 1. The molecule has 196 valence electrons. The smallest absolute Gasteiger partial charge is 0.264 e. The van der Waals surface area contributed by atoms with Crippen molar-refractivity contribution in [2.75, 3.05) is 17.4 Å². The molecule has 2 amide bonds. The molecule has 37 heavy (non-hydrogen) atoms.